The smallest absolute Gasteiger partial charge is 0.253 e. The van der Waals surface area contributed by atoms with Gasteiger partial charge >= 0.3 is 0 Å². The summed E-state index contributed by atoms with van der Waals surface area (Å²) in [7, 11) is 1.78. The van der Waals surface area contributed by atoms with Crippen molar-refractivity contribution in [1.82, 2.24) is 4.90 Å². The highest BCUT2D eigenvalue weighted by atomic mass is 79.9. The average molecular weight is 339 g/mol. The molecule has 0 aliphatic rings. The van der Waals surface area contributed by atoms with Gasteiger partial charge < -0.3 is 4.90 Å². The number of amides is 1. The summed E-state index contributed by atoms with van der Waals surface area (Å²) in [6.45, 7) is 0.573. The fraction of sp³-hybridized carbons (Fsp3) is 0.133. The zero-order chi connectivity index (χ0) is 13.8. The van der Waals surface area contributed by atoms with Crippen LogP contribution in [-0.4, -0.2) is 17.9 Å². The minimum atomic E-state index is -0.0490. The second-order valence-electron chi connectivity index (χ2n) is 4.30. The van der Waals surface area contributed by atoms with Crippen molar-refractivity contribution in [2.24, 2.45) is 0 Å². The molecule has 0 atom stereocenters. The molecule has 98 valence electrons. The molecule has 2 rings (SSSR count). The van der Waals surface area contributed by atoms with E-state index in [4.69, 9.17) is 11.6 Å². The van der Waals surface area contributed by atoms with Crippen LogP contribution in [0, 0.1) is 0 Å². The molecule has 2 aromatic carbocycles. The lowest BCUT2D eigenvalue weighted by atomic mass is 10.1. The molecule has 0 N–H and O–H groups in total. The second kappa shape index (κ2) is 6.22. The van der Waals surface area contributed by atoms with Gasteiger partial charge in [-0.25, -0.2) is 0 Å². The summed E-state index contributed by atoms with van der Waals surface area (Å²) in [5.41, 5.74) is 1.68. The van der Waals surface area contributed by atoms with Crippen molar-refractivity contribution >= 4 is 33.4 Å². The monoisotopic (exact) mass is 337 g/mol. The lowest BCUT2D eigenvalue weighted by molar-refractivity contribution is 0.0785. The first-order valence-electron chi connectivity index (χ1n) is 5.82. The van der Waals surface area contributed by atoms with E-state index in [-0.39, 0.29) is 5.91 Å². The highest BCUT2D eigenvalue weighted by Gasteiger charge is 2.13. The van der Waals surface area contributed by atoms with Crippen LogP contribution in [0.1, 0.15) is 15.9 Å². The summed E-state index contributed by atoms with van der Waals surface area (Å²) in [6.07, 6.45) is 0. The number of benzene rings is 2. The Labute approximate surface area is 126 Å². The highest BCUT2D eigenvalue weighted by Crippen LogP contribution is 2.20. The van der Waals surface area contributed by atoms with Crippen molar-refractivity contribution in [2.45, 2.75) is 6.54 Å². The SMILES string of the molecule is CN(Cc1ccccc1)C(=O)c1cc(Cl)cc(Br)c1. The minimum absolute atomic E-state index is 0.0490. The Morgan fingerprint density at radius 3 is 2.53 bits per heavy atom. The maximum atomic E-state index is 12.3. The van der Waals surface area contributed by atoms with Gasteiger partial charge in [-0.05, 0) is 23.8 Å². The fourth-order valence-corrected chi connectivity index (χ4v) is 2.69. The lowest BCUT2D eigenvalue weighted by Gasteiger charge is -2.17. The molecular formula is C15H13BrClNO. The largest absolute Gasteiger partial charge is 0.337 e. The number of nitrogens with zero attached hydrogens (tertiary/aromatic N) is 1. The van der Waals surface area contributed by atoms with Gasteiger partial charge in [-0.2, -0.15) is 0 Å². The van der Waals surface area contributed by atoms with E-state index in [2.05, 4.69) is 15.9 Å². The van der Waals surface area contributed by atoms with Crippen LogP contribution in [0.4, 0.5) is 0 Å². The minimum Gasteiger partial charge on any atom is -0.337 e. The molecule has 0 unspecified atom stereocenters. The van der Waals surface area contributed by atoms with Crippen molar-refractivity contribution in [3.63, 3.8) is 0 Å². The Hall–Kier alpha value is -1.32. The van der Waals surface area contributed by atoms with Crippen molar-refractivity contribution in [3.8, 4) is 0 Å². The number of hydrogen-bond donors (Lipinski definition) is 0. The third-order valence-electron chi connectivity index (χ3n) is 2.72. The molecule has 2 nitrogen and oxygen atoms in total. The van der Waals surface area contributed by atoms with Crippen LogP contribution in [0.25, 0.3) is 0 Å². The Balaban J connectivity index is 2.15. The maximum Gasteiger partial charge on any atom is 0.253 e. The van der Waals surface area contributed by atoms with Crippen LogP contribution < -0.4 is 0 Å². The first-order chi connectivity index (χ1) is 9.06. The normalized spacial score (nSPS) is 10.3. The maximum absolute atomic E-state index is 12.3. The number of carbonyl (C=O) groups excluding carboxylic acids is 1. The van der Waals surface area contributed by atoms with Gasteiger partial charge in [0.2, 0.25) is 0 Å². The van der Waals surface area contributed by atoms with Gasteiger partial charge in [-0.15, -0.1) is 0 Å². The predicted octanol–water partition coefficient (Wildman–Crippen LogP) is 4.37. The van der Waals surface area contributed by atoms with Crippen LogP contribution in [0.2, 0.25) is 5.02 Å². The molecular weight excluding hydrogens is 326 g/mol. The summed E-state index contributed by atoms with van der Waals surface area (Å²) < 4.78 is 0.802. The Morgan fingerprint density at radius 2 is 1.89 bits per heavy atom. The Morgan fingerprint density at radius 1 is 1.21 bits per heavy atom. The molecule has 0 fully saturated rings. The van der Waals surface area contributed by atoms with Crippen molar-refractivity contribution in [1.29, 1.82) is 0 Å². The summed E-state index contributed by atoms with van der Waals surface area (Å²) in [5, 5.41) is 0.547. The van der Waals surface area contributed by atoms with Gasteiger partial charge in [0.25, 0.3) is 5.91 Å². The van der Waals surface area contributed by atoms with Crippen LogP contribution >= 0.6 is 27.5 Å². The Kier molecular flexibility index (Phi) is 4.61. The van der Waals surface area contributed by atoms with Crippen molar-refractivity contribution in [3.05, 3.63) is 69.2 Å². The molecule has 0 saturated carbocycles. The number of rotatable bonds is 3. The van der Waals surface area contributed by atoms with Crippen molar-refractivity contribution in [2.75, 3.05) is 7.05 Å². The second-order valence-corrected chi connectivity index (χ2v) is 5.66. The lowest BCUT2D eigenvalue weighted by Crippen LogP contribution is -2.26. The molecule has 1 amide bonds. The third-order valence-corrected chi connectivity index (χ3v) is 3.39. The van der Waals surface area contributed by atoms with Gasteiger partial charge in [-0.3, -0.25) is 4.79 Å². The molecule has 0 spiro atoms. The average Bonchev–Trinajstić information content (AvgIpc) is 2.37. The van der Waals surface area contributed by atoms with Crippen LogP contribution in [0.15, 0.2) is 53.0 Å². The van der Waals surface area contributed by atoms with Gasteiger partial charge in [0, 0.05) is 28.7 Å². The van der Waals surface area contributed by atoms with Gasteiger partial charge in [0.05, 0.1) is 0 Å². The van der Waals surface area contributed by atoms with Crippen LogP contribution in [-0.2, 0) is 6.54 Å². The topological polar surface area (TPSA) is 20.3 Å². The van der Waals surface area contributed by atoms with E-state index >= 15 is 0 Å². The van der Waals surface area contributed by atoms with Crippen molar-refractivity contribution < 1.29 is 4.79 Å². The molecule has 0 aromatic heterocycles. The molecule has 0 radical (unpaired) electrons. The molecule has 0 aliphatic heterocycles. The first-order valence-corrected chi connectivity index (χ1v) is 6.99. The number of carbonyl (C=O) groups is 1. The number of hydrogen-bond acceptors (Lipinski definition) is 1. The zero-order valence-corrected chi connectivity index (χ0v) is 12.8. The van der Waals surface area contributed by atoms with E-state index < -0.39 is 0 Å². The molecule has 4 heteroatoms. The molecule has 2 aromatic rings. The van der Waals surface area contributed by atoms with E-state index in [1.54, 1.807) is 30.1 Å². The predicted molar refractivity (Wildman–Crippen MR) is 81.4 cm³/mol. The molecule has 0 bridgehead atoms. The standard InChI is InChI=1S/C15H13BrClNO/c1-18(10-11-5-3-2-4-6-11)15(19)12-7-13(16)9-14(17)8-12/h2-9H,10H2,1H3. The quantitative estimate of drug-likeness (QED) is 0.813. The fourth-order valence-electron chi connectivity index (χ4n) is 1.83. The highest BCUT2D eigenvalue weighted by molar-refractivity contribution is 9.10. The van der Waals surface area contributed by atoms with E-state index in [1.807, 2.05) is 30.3 Å². The van der Waals surface area contributed by atoms with E-state index in [1.165, 1.54) is 0 Å². The summed E-state index contributed by atoms with van der Waals surface area (Å²) >= 11 is 9.30. The molecule has 19 heavy (non-hydrogen) atoms. The molecule has 0 saturated heterocycles. The Bertz CT molecular complexity index is 566. The summed E-state index contributed by atoms with van der Waals surface area (Å²) in [6, 6.07) is 15.1. The first kappa shape index (κ1) is 14.1. The number of halogens is 2. The summed E-state index contributed by atoms with van der Waals surface area (Å²) in [4.78, 5) is 14.0. The van der Waals surface area contributed by atoms with E-state index in [0.29, 0.717) is 17.1 Å². The van der Waals surface area contributed by atoms with Gasteiger partial charge in [0.15, 0.2) is 0 Å². The van der Waals surface area contributed by atoms with Crippen LogP contribution in [0.3, 0.4) is 0 Å². The van der Waals surface area contributed by atoms with Gasteiger partial charge in [-0.1, -0.05) is 57.9 Å². The van der Waals surface area contributed by atoms with E-state index in [9.17, 15) is 4.79 Å². The molecule has 0 aliphatic carbocycles. The zero-order valence-electron chi connectivity index (χ0n) is 10.4. The third kappa shape index (κ3) is 3.82. The van der Waals surface area contributed by atoms with Gasteiger partial charge in [0.1, 0.15) is 0 Å². The van der Waals surface area contributed by atoms with E-state index in [0.717, 1.165) is 10.0 Å². The molecule has 0 heterocycles. The van der Waals surface area contributed by atoms with Crippen LogP contribution in [0.5, 0.6) is 0 Å². The summed E-state index contributed by atoms with van der Waals surface area (Å²) in [5.74, 6) is -0.0490.